The summed E-state index contributed by atoms with van der Waals surface area (Å²) in [5, 5.41) is 2.17. The van der Waals surface area contributed by atoms with E-state index >= 15 is 0 Å². The third-order valence-corrected chi connectivity index (χ3v) is 4.51. The molecule has 128 valence electrons. The van der Waals surface area contributed by atoms with Crippen LogP contribution in [-0.2, 0) is 0 Å². The lowest BCUT2D eigenvalue weighted by molar-refractivity contribution is 0.174. The van der Waals surface area contributed by atoms with Crippen LogP contribution in [-0.4, -0.2) is 18.4 Å². The van der Waals surface area contributed by atoms with Crippen molar-refractivity contribution < 1.29 is 14.2 Å². The summed E-state index contributed by atoms with van der Waals surface area (Å²) in [4.78, 5) is 4.57. The zero-order valence-electron chi connectivity index (χ0n) is 14.7. The quantitative estimate of drug-likeness (QED) is 0.661. The first kappa shape index (κ1) is 15.8. The van der Waals surface area contributed by atoms with Crippen molar-refractivity contribution in [3.63, 3.8) is 0 Å². The first-order chi connectivity index (χ1) is 12.2. The molecular formula is C21H21NO3. The van der Waals surface area contributed by atoms with Gasteiger partial charge in [-0.05, 0) is 47.6 Å². The molecule has 0 saturated carbocycles. The van der Waals surface area contributed by atoms with Crippen molar-refractivity contribution in [3.8, 4) is 28.5 Å². The number of pyridine rings is 1. The molecule has 0 spiro atoms. The van der Waals surface area contributed by atoms with Crippen molar-refractivity contribution in [2.45, 2.75) is 26.7 Å². The number of rotatable bonds is 4. The van der Waals surface area contributed by atoms with E-state index in [1.54, 1.807) is 0 Å². The predicted octanol–water partition coefficient (Wildman–Crippen LogP) is 5.15. The Morgan fingerprint density at radius 3 is 2.68 bits per heavy atom. The van der Waals surface area contributed by atoms with E-state index in [1.165, 1.54) is 5.56 Å². The summed E-state index contributed by atoms with van der Waals surface area (Å²) in [6, 6.07) is 12.5. The van der Waals surface area contributed by atoms with E-state index in [9.17, 15) is 0 Å². The Morgan fingerprint density at radius 1 is 1.04 bits per heavy atom. The number of hydrogen-bond donors (Lipinski definition) is 0. The van der Waals surface area contributed by atoms with E-state index in [0.717, 1.165) is 33.4 Å². The average Bonchev–Trinajstić information content (AvgIpc) is 3.09. The lowest BCUT2D eigenvalue weighted by Gasteiger charge is -2.14. The van der Waals surface area contributed by atoms with Gasteiger partial charge >= 0.3 is 0 Å². The largest absolute Gasteiger partial charge is 0.478 e. The third-order valence-electron chi connectivity index (χ3n) is 4.51. The number of benzene rings is 2. The highest BCUT2D eigenvalue weighted by molar-refractivity contribution is 5.99. The molecule has 4 nitrogen and oxygen atoms in total. The summed E-state index contributed by atoms with van der Waals surface area (Å²) >= 11 is 0. The molecule has 0 amide bonds. The zero-order valence-corrected chi connectivity index (χ0v) is 14.7. The Labute approximate surface area is 147 Å². The highest BCUT2D eigenvalue weighted by Crippen LogP contribution is 2.39. The molecular weight excluding hydrogens is 314 g/mol. The van der Waals surface area contributed by atoms with Crippen LogP contribution in [0.4, 0.5) is 0 Å². The number of nitrogens with zero attached hydrogens (tertiary/aromatic N) is 1. The maximum atomic E-state index is 5.76. The molecule has 4 heteroatoms. The maximum absolute atomic E-state index is 5.76. The topological polar surface area (TPSA) is 40.6 Å². The summed E-state index contributed by atoms with van der Waals surface area (Å²) in [6.07, 6.45) is 1.87. The van der Waals surface area contributed by atoms with Crippen LogP contribution in [0, 0.1) is 0 Å². The minimum absolute atomic E-state index is 0.277. The molecule has 0 radical (unpaired) electrons. The van der Waals surface area contributed by atoms with Crippen LogP contribution in [0.2, 0.25) is 0 Å². The van der Waals surface area contributed by atoms with Gasteiger partial charge in [0, 0.05) is 17.1 Å². The van der Waals surface area contributed by atoms with Crippen molar-refractivity contribution >= 4 is 10.8 Å². The third kappa shape index (κ3) is 2.78. The molecule has 25 heavy (non-hydrogen) atoms. The Balaban J connectivity index is 1.91. The van der Waals surface area contributed by atoms with Gasteiger partial charge in [0.15, 0.2) is 11.5 Å². The summed E-state index contributed by atoms with van der Waals surface area (Å²) in [5.74, 6) is 2.70. The predicted molar refractivity (Wildman–Crippen MR) is 98.6 cm³/mol. The van der Waals surface area contributed by atoms with Gasteiger partial charge in [-0.15, -0.1) is 0 Å². The molecule has 1 aliphatic rings. The minimum Gasteiger partial charge on any atom is -0.478 e. The van der Waals surface area contributed by atoms with Crippen LogP contribution in [0.15, 0.2) is 42.6 Å². The van der Waals surface area contributed by atoms with Gasteiger partial charge in [0.25, 0.3) is 0 Å². The van der Waals surface area contributed by atoms with Crippen molar-refractivity contribution in [1.29, 1.82) is 0 Å². The van der Waals surface area contributed by atoms with Gasteiger partial charge in [-0.25, -0.2) is 4.98 Å². The number of ether oxygens (including phenoxy) is 3. The number of fused-ring (bicyclic) bond motifs is 2. The van der Waals surface area contributed by atoms with Crippen LogP contribution in [0.25, 0.3) is 21.9 Å². The Hall–Kier alpha value is -2.75. The summed E-state index contributed by atoms with van der Waals surface area (Å²) in [5.41, 5.74) is 3.40. The van der Waals surface area contributed by atoms with Crippen molar-refractivity contribution in [2.75, 3.05) is 13.4 Å². The van der Waals surface area contributed by atoms with Crippen molar-refractivity contribution in [1.82, 2.24) is 4.98 Å². The van der Waals surface area contributed by atoms with Crippen molar-refractivity contribution in [2.24, 2.45) is 0 Å². The highest BCUT2D eigenvalue weighted by atomic mass is 16.7. The smallest absolute Gasteiger partial charge is 0.231 e. The van der Waals surface area contributed by atoms with Gasteiger partial charge in [-0.1, -0.05) is 32.0 Å². The molecule has 0 N–H and O–H groups in total. The molecule has 0 saturated heterocycles. The Kier molecular flexibility index (Phi) is 3.96. The fourth-order valence-corrected chi connectivity index (χ4v) is 3.14. The summed E-state index contributed by atoms with van der Waals surface area (Å²) in [7, 11) is 0. The summed E-state index contributed by atoms with van der Waals surface area (Å²) < 4.78 is 16.7. The average molecular weight is 335 g/mol. The van der Waals surface area contributed by atoms with Crippen LogP contribution in [0.3, 0.4) is 0 Å². The van der Waals surface area contributed by atoms with Crippen molar-refractivity contribution in [3.05, 3.63) is 48.2 Å². The van der Waals surface area contributed by atoms with Gasteiger partial charge in [-0.3, -0.25) is 0 Å². The van der Waals surface area contributed by atoms with Gasteiger partial charge in [0.1, 0.15) is 0 Å². The monoisotopic (exact) mass is 335 g/mol. The van der Waals surface area contributed by atoms with E-state index < -0.39 is 0 Å². The molecule has 0 atom stereocenters. The van der Waals surface area contributed by atoms with Gasteiger partial charge in [-0.2, -0.15) is 0 Å². The fraction of sp³-hybridized carbons (Fsp3) is 0.286. The first-order valence-corrected chi connectivity index (χ1v) is 8.63. The van der Waals surface area contributed by atoms with Gasteiger partial charge in [0.05, 0.1) is 6.61 Å². The minimum atomic E-state index is 0.277. The Morgan fingerprint density at radius 2 is 1.88 bits per heavy atom. The molecule has 1 aliphatic heterocycles. The molecule has 0 aliphatic carbocycles. The molecule has 2 aromatic carbocycles. The SMILES string of the molecule is CCOc1ncc(-c2ccc3c(c2)OCO3)c2ccc(C(C)C)cc12. The maximum Gasteiger partial charge on any atom is 0.231 e. The molecule has 0 unspecified atom stereocenters. The normalized spacial score (nSPS) is 12.8. The van der Waals surface area contributed by atoms with Crippen LogP contribution in [0.1, 0.15) is 32.3 Å². The standard InChI is InChI=1S/C21H21NO3/c1-4-23-21-17-9-14(13(2)3)5-7-16(17)18(11-22-21)15-6-8-19-20(10-15)25-12-24-19/h5-11,13H,4,12H2,1-3H3. The lowest BCUT2D eigenvalue weighted by Crippen LogP contribution is -1.97. The van der Waals surface area contributed by atoms with E-state index in [2.05, 4.69) is 37.0 Å². The molecule has 4 rings (SSSR count). The van der Waals surface area contributed by atoms with Crippen LogP contribution >= 0.6 is 0 Å². The second-order valence-corrected chi connectivity index (χ2v) is 6.44. The van der Waals surface area contributed by atoms with E-state index in [1.807, 2.05) is 31.3 Å². The number of aromatic nitrogens is 1. The second-order valence-electron chi connectivity index (χ2n) is 6.44. The fourth-order valence-electron chi connectivity index (χ4n) is 3.14. The highest BCUT2D eigenvalue weighted by Gasteiger charge is 2.17. The molecule has 0 fully saturated rings. The van der Waals surface area contributed by atoms with Crippen LogP contribution in [0.5, 0.6) is 17.4 Å². The van der Waals surface area contributed by atoms with E-state index in [0.29, 0.717) is 18.4 Å². The molecule has 1 aromatic heterocycles. The molecule has 3 aromatic rings. The zero-order chi connectivity index (χ0) is 17.4. The van der Waals surface area contributed by atoms with Gasteiger partial charge in [0.2, 0.25) is 12.7 Å². The lowest BCUT2D eigenvalue weighted by atomic mass is 9.95. The summed E-state index contributed by atoms with van der Waals surface area (Å²) in [6.45, 7) is 7.23. The Bertz CT molecular complexity index is 934. The molecule has 2 heterocycles. The molecule has 0 bridgehead atoms. The van der Waals surface area contributed by atoms with E-state index in [4.69, 9.17) is 14.2 Å². The second kappa shape index (κ2) is 6.28. The van der Waals surface area contributed by atoms with Crippen LogP contribution < -0.4 is 14.2 Å². The number of hydrogen-bond acceptors (Lipinski definition) is 4. The first-order valence-electron chi connectivity index (χ1n) is 8.63. The van der Waals surface area contributed by atoms with E-state index in [-0.39, 0.29) is 6.79 Å². The van der Waals surface area contributed by atoms with Gasteiger partial charge < -0.3 is 14.2 Å².